The van der Waals surface area contributed by atoms with Crippen LogP contribution in [0.5, 0.6) is 5.75 Å². The van der Waals surface area contributed by atoms with E-state index in [9.17, 15) is 18.0 Å². The second kappa shape index (κ2) is 10.5. The Hall–Kier alpha value is -3.33. The predicted molar refractivity (Wildman–Crippen MR) is 126 cm³/mol. The summed E-state index contributed by atoms with van der Waals surface area (Å²) in [6.45, 7) is 7.01. The van der Waals surface area contributed by atoms with E-state index in [0.29, 0.717) is 22.6 Å². The number of carbonyl (C=O) groups is 2. The van der Waals surface area contributed by atoms with Gasteiger partial charge in [-0.3, -0.25) is 0 Å². The monoisotopic (exact) mass is 475 g/mol. The number of benzene rings is 2. The summed E-state index contributed by atoms with van der Waals surface area (Å²) in [6.07, 6.45) is 2.79. The Balaban J connectivity index is 2.30. The number of esters is 2. The van der Waals surface area contributed by atoms with Crippen molar-refractivity contribution in [3.63, 3.8) is 0 Å². The third kappa shape index (κ3) is 7.35. The molecule has 8 nitrogen and oxygen atoms in total. The molecule has 0 spiro atoms. The van der Waals surface area contributed by atoms with E-state index in [2.05, 4.69) is 5.32 Å². The molecular weight excluding hydrogens is 446 g/mol. The molecule has 0 saturated carbocycles. The molecule has 9 heteroatoms. The Bertz CT molecular complexity index is 1140. The van der Waals surface area contributed by atoms with E-state index < -0.39 is 33.3 Å². The van der Waals surface area contributed by atoms with Gasteiger partial charge in [0.1, 0.15) is 17.2 Å². The second-order valence-corrected chi connectivity index (χ2v) is 10.2. The average molecular weight is 476 g/mol. The van der Waals surface area contributed by atoms with Crippen LogP contribution in [-0.2, 0) is 24.1 Å². The van der Waals surface area contributed by atoms with Crippen molar-refractivity contribution < 1.29 is 32.2 Å². The number of methoxy groups -OCH3 is 2. The molecule has 0 unspecified atom stereocenters. The van der Waals surface area contributed by atoms with Crippen LogP contribution in [0.1, 0.15) is 42.3 Å². The van der Waals surface area contributed by atoms with Crippen LogP contribution in [0.3, 0.4) is 0 Å². The standard InChI is InChI=1S/C24H29NO7S/c1-16-13-17(7-12-21(26)32-24(2,3)4)14-20(23(27)31-6)22(16)25-15-33(28,29)19-10-8-18(30-5)9-11-19/h7-14,25H,15H2,1-6H3/b12-7+. The zero-order chi connectivity index (χ0) is 24.8. The first-order chi connectivity index (χ1) is 15.4. The van der Waals surface area contributed by atoms with Crippen LogP contribution in [0.25, 0.3) is 6.08 Å². The van der Waals surface area contributed by atoms with E-state index in [4.69, 9.17) is 14.2 Å². The molecule has 0 saturated heterocycles. The number of carbonyl (C=O) groups excluding carboxylic acids is 2. The Morgan fingerprint density at radius 1 is 1.06 bits per heavy atom. The summed E-state index contributed by atoms with van der Waals surface area (Å²) in [7, 11) is -0.963. The fourth-order valence-electron chi connectivity index (χ4n) is 2.95. The quantitative estimate of drug-likeness (QED) is 0.451. The minimum atomic E-state index is -3.69. The average Bonchev–Trinajstić information content (AvgIpc) is 2.74. The van der Waals surface area contributed by atoms with Gasteiger partial charge in [-0.25, -0.2) is 18.0 Å². The molecule has 0 heterocycles. The number of sulfone groups is 1. The van der Waals surface area contributed by atoms with E-state index in [1.54, 1.807) is 45.9 Å². The predicted octanol–water partition coefficient (Wildman–Crippen LogP) is 3.99. The number of anilines is 1. The van der Waals surface area contributed by atoms with Gasteiger partial charge in [0.05, 0.1) is 30.4 Å². The summed E-state index contributed by atoms with van der Waals surface area (Å²) >= 11 is 0. The van der Waals surface area contributed by atoms with Gasteiger partial charge in [-0.05, 0) is 81.3 Å². The zero-order valence-corrected chi connectivity index (χ0v) is 20.4. The molecule has 0 aliphatic carbocycles. The number of rotatable bonds is 8. The van der Waals surface area contributed by atoms with Crippen LogP contribution >= 0.6 is 0 Å². The van der Waals surface area contributed by atoms with Crippen molar-refractivity contribution in [2.75, 3.05) is 25.4 Å². The Labute approximate surface area is 194 Å². The highest BCUT2D eigenvalue weighted by molar-refractivity contribution is 7.91. The molecule has 0 radical (unpaired) electrons. The molecule has 178 valence electrons. The molecule has 0 aliphatic rings. The zero-order valence-electron chi connectivity index (χ0n) is 19.6. The van der Waals surface area contributed by atoms with Gasteiger partial charge in [-0.1, -0.05) is 0 Å². The van der Waals surface area contributed by atoms with E-state index in [1.807, 2.05) is 0 Å². The summed E-state index contributed by atoms with van der Waals surface area (Å²) in [5, 5.41) is 2.85. The molecule has 33 heavy (non-hydrogen) atoms. The maximum absolute atomic E-state index is 12.7. The molecule has 0 atom stereocenters. The first kappa shape index (κ1) is 25.9. The maximum atomic E-state index is 12.7. The number of hydrogen-bond acceptors (Lipinski definition) is 8. The molecule has 2 aromatic carbocycles. The van der Waals surface area contributed by atoms with Crippen molar-refractivity contribution in [1.82, 2.24) is 0 Å². The molecule has 2 aromatic rings. The smallest absolute Gasteiger partial charge is 0.339 e. The van der Waals surface area contributed by atoms with Gasteiger partial charge in [0.2, 0.25) is 0 Å². The summed E-state index contributed by atoms with van der Waals surface area (Å²) in [4.78, 5) is 24.5. The summed E-state index contributed by atoms with van der Waals surface area (Å²) in [5.74, 6) is -1.06. The summed E-state index contributed by atoms with van der Waals surface area (Å²) < 4.78 is 40.6. The highest BCUT2D eigenvalue weighted by atomic mass is 32.2. The lowest BCUT2D eigenvalue weighted by atomic mass is 10.0. The van der Waals surface area contributed by atoms with Crippen LogP contribution in [0.15, 0.2) is 47.4 Å². The lowest BCUT2D eigenvalue weighted by molar-refractivity contribution is -0.148. The molecule has 0 bridgehead atoms. The summed E-state index contributed by atoms with van der Waals surface area (Å²) in [6, 6.07) is 9.26. The van der Waals surface area contributed by atoms with Crippen molar-refractivity contribution in [1.29, 1.82) is 0 Å². The van der Waals surface area contributed by atoms with Crippen molar-refractivity contribution in [2.24, 2.45) is 0 Å². The van der Waals surface area contributed by atoms with Crippen molar-refractivity contribution >= 4 is 33.5 Å². The topological polar surface area (TPSA) is 108 Å². The van der Waals surface area contributed by atoms with Crippen LogP contribution in [-0.4, -0.2) is 46.1 Å². The second-order valence-electron chi connectivity index (χ2n) is 8.23. The SMILES string of the molecule is COC(=O)c1cc(/C=C/C(=O)OC(C)(C)C)cc(C)c1NCS(=O)(=O)c1ccc(OC)cc1. The largest absolute Gasteiger partial charge is 0.497 e. The molecule has 0 aliphatic heterocycles. The van der Waals surface area contributed by atoms with Crippen molar-refractivity contribution in [3.05, 3.63) is 59.2 Å². The van der Waals surface area contributed by atoms with Gasteiger partial charge in [-0.15, -0.1) is 0 Å². The third-order valence-corrected chi connectivity index (χ3v) is 5.95. The van der Waals surface area contributed by atoms with Crippen LogP contribution in [0, 0.1) is 6.92 Å². The van der Waals surface area contributed by atoms with E-state index in [0.717, 1.165) is 0 Å². The minimum absolute atomic E-state index is 0.116. The third-order valence-electron chi connectivity index (χ3n) is 4.44. The number of ether oxygens (including phenoxy) is 3. The number of aryl methyl sites for hydroxylation is 1. The Morgan fingerprint density at radius 2 is 1.70 bits per heavy atom. The molecule has 2 rings (SSSR count). The van der Waals surface area contributed by atoms with E-state index in [-0.39, 0.29) is 10.5 Å². The van der Waals surface area contributed by atoms with E-state index >= 15 is 0 Å². The lowest BCUT2D eigenvalue weighted by Gasteiger charge is -2.18. The normalized spacial score (nSPS) is 11.8. The minimum Gasteiger partial charge on any atom is -0.497 e. The first-order valence-corrected chi connectivity index (χ1v) is 11.8. The highest BCUT2D eigenvalue weighted by Crippen LogP contribution is 2.26. The van der Waals surface area contributed by atoms with Crippen molar-refractivity contribution in [2.45, 2.75) is 38.2 Å². The van der Waals surface area contributed by atoms with Gasteiger partial charge in [0, 0.05) is 6.08 Å². The van der Waals surface area contributed by atoms with Gasteiger partial charge < -0.3 is 19.5 Å². The van der Waals surface area contributed by atoms with Crippen LogP contribution in [0.4, 0.5) is 5.69 Å². The van der Waals surface area contributed by atoms with Crippen molar-refractivity contribution in [3.8, 4) is 5.75 Å². The Kier molecular flexibility index (Phi) is 8.27. The fourth-order valence-corrected chi connectivity index (χ4v) is 4.00. The highest BCUT2D eigenvalue weighted by Gasteiger charge is 2.20. The van der Waals surface area contributed by atoms with Gasteiger partial charge in [-0.2, -0.15) is 0 Å². The first-order valence-electron chi connectivity index (χ1n) is 10.1. The molecule has 0 aromatic heterocycles. The fraction of sp³-hybridized carbons (Fsp3) is 0.333. The lowest BCUT2D eigenvalue weighted by Crippen LogP contribution is -2.22. The molecule has 0 amide bonds. The van der Waals surface area contributed by atoms with Crippen LogP contribution < -0.4 is 10.1 Å². The maximum Gasteiger partial charge on any atom is 0.339 e. The van der Waals surface area contributed by atoms with Gasteiger partial charge in [0.25, 0.3) is 0 Å². The summed E-state index contributed by atoms with van der Waals surface area (Å²) in [5.41, 5.74) is 1.01. The van der Waals surface area contributed by atoms with Gasteiger partial charge in [0.15, 0.2) is 9.84 Å². The van der Waals surface area contributed by atoms with E-state index in [1.165, 1.54) is 44.6 Å². The molecule has 0 fully saturated rings. The Morgan fingerprint density at radius 3 is 2.24 bits per heavy atom. The van der Waals surface area contributed by atoms with Crippen LogP contribution in [0.2, 0.25) is 0 Å². The van der Waals surface area contributed by atoms with Gasteiger partial charge >= 0.3 is 11.9 Å². The molecule has 1 N–H and O–H groups in total. The number of nitrogens with one attached hydrogen (secondary N) is 1. The molecular formula is C24H29NO7S. The number of hydrogen-bond donors (Lipinski definition) is 1.